The van der Waals surface area contributed by atoms with Crippen LogP contribution >= 0.6 is 0 Å². The first-order chi connectivity index (χ1) is 7.81. The molecule has 0 aliphatic rings. The van der Waals surface area contributed by atoms with Gasteiger partial charge in [0.15, 0.2) is 5.82 Å². The lowest BCUT2D eigenvalue weighted by Crippen LogP contribution is -2.03. The average Bonchev–Trinajstić information content (AvgIpc) is 2.83. The Hall–Kier alpha value is -1.90. The van der Waals surface area contributed by atoms with Crippen LogP contribution in [0.3, 0.4) is 0 Å². The number of aromatic nitrogens is 2. The zero-order valence-corrected chi connectivity index (χ0v) is 9.23. The SMILES string of the molecule is CCCc1ccc(C(=O)c2ncc[nH]2)cc1. The van der Waals surface area contributed by atoms with Gasteiger partial charge in [0.05, 0.1) is 0 Å². The van der Waals surface area contributed by atoms with Gasteiger partial charge in [-0.1, -0.05) is 37.6 Å². The van der Waals surface area contributed by atoms with E-state index in [-0.39, 0.29) is 5.78 Å². The van der Waals surface area contributed by atoms with Gasteiger partial charge in [-0.2, -0.15) is 0 Å². The topological polar surface area (TPSA) is 45.8 Å². The molecule has 0 aliphatic heterocycles. The van der Waals surface area contributed by atoms with Crippen molar-refractivity contribution in [1.29, 1.82) is 0 Å². The van der Waals surface area contributed by atoms with E-state index in [9.17, 15) is 4.79 Å². The Bertz CT molecular complexity index is 457. The average molecular weight is 214 g/mol. The molecule has 82 valence electrons. The fraction of sp³-hybridized carbons (Fsp3) is 0.231. The quantitative estimate of drug-likeness (QED) is 0.795. The number of carbonyl (C=O) groups is 1. The molecule has 0 unspecified atom stereocenters. The number of rotatable bonds is 4. The summed E-state index contributed by atoms with van der Waals surface area (Å²) in [5, 5.41) is 0. The maximum Gasteiger partial charge on any atom is 0.228 e. The predicted molar refractivity (Wildman–Crippen MR) is 62.5 cm³/mol. The summed E-state index contributed by atoms with van der Waals surface area (Å²) in [6.45, 7) is 2.14. The van der Waals surface area contributed by atoms with Gasteiger partial charge in [0.2, 0.25) is 5.78 Å². The largest absolute Gasteiger partial charge is 0.342 e. The second kappa shape index (κ2) is 4.75. The van der Waals surface area contributed by atoms with Crippen molar-refractivity contribution in [3.8, 4) is 0 Å². The van der Waals surface area contributed by atoms with Crippen LogP contribution in [0, 0.1) is 0 Å². The van der Waals surface area contributed by atoms with Gasteiger partial charge in [-0.25, -0.2) is 4.98 Å². The number of hydrogen-bond acceptors (Lipinski definition) is 2. The van der Waals surface area contributed by atoms with Gasteiger partial charge >= 0.3 is 0 Å². The molecule has 3 nitrogen and oxygen atoms in total. The third-order valence-electron chi connectivity index (χ3n) is 2.47. The van der Waals surface area contributed by atoms with Crippen molar-refractivity contribution in [1.82, 2.24) is 9.97 Å². The lowest BCUT2D eigenvalue weighted by molar-refractivity contribution is 0.103. The van der Waals surface area contributed by atoms with Crippen LogP contribution in [0.5, 0.6) is 0 Å². The minimum Gasteiger partial charge on any atom is -0.342 e. The molecule has 0 spiro atoms. The molecular weight excluding hydrogens is 200 g/mol. The maximum atomic E-state index is 11.9. The third kappa shape index (κ3) is 2.19. The number of nitrogens with zero attached hydrogens (tertiary/aromatic N) is 1. The van der Waals surface area contributed by atoms with Gasteiger partial charge in [0.25, 0.3) is 0 Å². The predicted octanol–water partition coefficient (Wildman–Crippen LogP) is 2.59. The first-order valence-electron chi connectivity index (χ1n) is 5.44. The van der Waals surface area contributed by atoms with E-state index < -0.39 is 0 Å². The van der Waals surface area contributed by atoms with Crippen molar-refractivity contribution in [2.75, 3.05) is 0 Å². The van der Waals surface area contributed by atoms with Crippen LogP contribution < -0.4 is 0 Å². The van der Waals surface area contributed by atoms with Crippen molar-refractivity contribution in [2.24, 2.45) is 0 Å². The fourth-order valence-electron chi connectivity index (χ4n) is 1.64. The normalized spacial score (nSPS) is 10.3. The third-order valence-corrected chi connectivity index (χ3v) is 2.47. The molecular formula is C13H14N2O. The summed E-state index contributed by atoms with van der Waals surface area (Å²) in [7, 11) is 0. The Balaban J connectivity index is 2.19. The number of imidazole rings is 1. The summed E-state index contributed by atoms with van der Waals surface area (Å²) < 4.78 is 0. The smallest absolute Gasteiger partial charge is 0.228 e. The fourth-order valence-corrected chi connectivity index (χ4v) is 1.64. The number of H-pyrrole nitrogens is 1. The zero-order valence-electron chi connectivity index (χ0n) is 9.23. The molecule has 1 aromatic carbocycles. The molecule has 1 N–H and O–H groups in total. The van der Waals surface area contributed by atoms with E-state index in [4.69, 9.17) is 0 Å². The number of carbonyl (C=O) groups excluding carboxylic acids is 1. The molecule has 0 radical (unpaired) electrons. The molecule has 0 atom stereocenters. The van der Waals surface area contributed by atoms with Crippen LogP contribution in [0.25, 0.3) is 0 Å². The van der Waals surface area contributed by atoms with Crippen LogP contribution in [0.4, 0.5) is 0 Å². The molecule has 0 fully saturated rings. The van der Waals surface area contributed by atoms with Crippen molar-refractivity contribution in [3.63, 3.8) is 0 Å². The maximum absolute atomic E-state index is 11.9. The van der Waals surface area contributed by atoms with E-state index in [1.165, 1.54) is 5.56 Å². The highest BCUT2D eigenvalue weighted by Crippen LogP contribution is 2.09. The lowest BCUT2D eigenvalue weighted by Gasteiger charge is -2.00. The summed E-state index contributed by atoms with van der Waals surface area (Å²) in [6, 6.07) is 7.71. The molecule has 0 saturated carbocycles. The summed E-state index contributed by atoms with van der Waals surface area (Å²) in [6.07, 6.45) is 5.40. The Morgan fingerprint density at radius 3 is 2.62 bits per heavy atom. The van der Waals surface area contributed by atoms with Gasteiger partial charge in [-0.15, -0.1) is 0 Å². The number of aryl methyl sites for hydroxylation is 1. The zero-order chi connectivity index (χ0) is 11.4. The molecule has 2 aromatic rings. The highest BCUT2D eigenvalue weighted by molar-refractivity contribution is 6.06. The molecule has 0 bridgehead atoms. The van der Waals surface area contributed by atoms with Gasteiger partial charge in [0, 0.05) is 18.0 Å². The number of hydrogen-bond donors (Lipinski definition) is 1. The van der Waals surface area contributed by atoms with Crippen LogP contribution in [-0.4, -0.2) is 15.8 Å². The molecule has 3 heteroatoms. The van der Waals surface area contributed by atoms with Crippen LogP contribution in [0.1, 0.15) is 35.1 Å². The van der Waals surface area contributed by atoms with Crippen molar-refractivity contribution in [3.05, 3.63) is 53.6 Å². The van der Waals surface area contributed by atoms with Crippen LogP contribution in [0.15, 0.2) is 36.7 Å². The Labute approximate surface area is 94.5 Å². The molecule has 16 heavy (non-hydrogen) atoms. The molecule has 0 saturated heterocycles. The van der Waals surface area contributed by atoms with E-state index in [0.717, 1.165) is 12.8 Å². The van der Waals surface area contributed by atoms with E-state index in [1.807, 2.05) is 24.3 Å². The van der Waals surface area contributed by atoms with Gasteiger partial charge in [-0.05, 0) is 12.0 Å². The summed E-state index contributed by atoms with van der Waals surface area (Å²) in [4.78, 5) is 18.6. The van der Waals surface area contributed by atoms with Crippen molar-refractivity contribution < 1.29 is 4.79 Å². The molecule has 2 rings (SSSR count). The van der Waals surface area contributed by atoms with Crippen molar-refractivity contribution in [2.45, 2.75) is 19.8 Å². The number of aromatic amines is 1. The van der Waals surface area contributed by atoms with E-state index >= 15 is 0 Å². The van der Waals surface area contributed by atoms with Gasteiger partial charge < -0.3 is 4.98 Å². The number of benzene rings is 1. The second-order valence-electron chi connectivity index (χ2n) is 3.71. The molecule has 1 heterocycles. The standard InChI is InChI=1S/C13H14N2O/c1-2-3-10-4-6-11(7-5-10)12(16)13-14-8-9-15-13/h4-9H,2-3H2,1H3,(H,14,15). The first kappa shape index (κ1) is 10.6. The Morgan fingerprint density at radius 1 is 1.31 bits per heavy atom. The van der Waals surface area contributed by atoms with Crippen LogP contribution in [0.2, 0.25) is 0 Å². The number of ketones is 1. The molecule has 0 aliphatic carbocycles. The minimum absolute atomic E-state index is 0.0620. The Kier molecular flexibility index (Phi) is 3.15. The molecule has 1 aromatic heterocycles. The number of nitrogens with one attached hydrogen (secondary N) is 1. The Morgan fingerprint density at radius 2 is 2.06 bits per heavy atom. The minimum atomic E-state index is -0.0620. The highest BCUT2D eigenvalue weighted by atomic mass is 16.1. The van der Waals surface area contributed by atoms with E-state index in [0.29, 0.717) is 11.4 Å². The van der Waals surface area contributed by atoms with Crippen molar-refractivity contribution >= 4 is 5.78 Å². The van der Waals surface area contributed by atoms with Gasteiger partial charge in [-0.3, -0.25) is 4.79 Å². The lowest BCUT2D eigenvalue weighted by atomic mass is 10.1. The summed E-state index contributed by atoms with van der Waals surface area (Å²) in [5.41, 5.74) is 1.94. The monoisotopic (exact) mass is 214 g/mol. The molecule has 0 amide bonds. The summed E-state index contributed by atoms with van der Waals surface area (Å²) in [5.74, 6) is 0.330. The second-order valence-corrected chi connectivity index (χ2v) is 3.71. The van der Waals surface area contributed by atoms with Crippen LogP contribution in [-0.2, 0) is 6.42 Å². The van der Waals surface area contributed by atoms with Gasteiger partial charge in [0.1, 0.15) is 0 Å². The van der Waals surface area contributed by atoms with E-state index in [1.54, 1.807) is 12.4 Å². The summed E-state index contributed by atoms with van der Waals surface area (Å²) >= 11 is 0. The van der Waals surface area contributed by atoms with E-state index in [2.05, 4.69) is 16.9 Å². The highest BCUT2D eigenvalue weighted by Gasteiger charge is 2.10. The first-order valence-corrected chi connectivity index (χ1v) is 5.44.